The fourth-order valence-electron chi connectivity index (χ4n) is 2.50. The maximum Gasteiger partial charge on any atom is 0.198 e. The Morgan fingerprint density at radius 2 is 1.73 bits per heavy atom. The minimum Gasteiger partial charge on any atom is -0.441 e. The van der Waals surface area contributed by atoms with Gasteiger partial charge in [-0.2, -0.15) is 0 Å². The fourth-order valence-corrected chi connectivity index (χ4v) is 2.50. The Labute approximate surface area is 130 Å². The minimum atomic E-state index is -0.609. The molecule has 1 unspecified atom stereocenters. The van der Waals surface area contributed by atoms with Crippen LogP contribution in [-0.4, -0.2) is 10.1 Å². The first-order chi connectivity index (χ1) is 10.4. The van der Waals surface area contributed by atoms with Crippen molar-refractivity contribution in [3.8, 4) is 0 Å². The Morgan fingerprint density at radius 3 is 2.36 bits per heavy atom. The van der Waals surface area contributed by atoms with Gasteiger partial charge in [0, 0.05) is 0 Å². The zero-order valence-corrected chi connectivity index (χ0v) is 13.2. The smallest absolute Gasteiger partial charge is 0.198 e. The Kier molecular flexibility index (Phi) is 3.75. The highest BCUT2D eigenvalue weighted by molar-refractivity contribution is 5.72. The molecule has 3 aromatic rings. The van der Waals surface area contributed by atoms with E-state index in [0.29, 0.717) is 12.3 Å². The monoisotopic (exact) mass is 295 g/mol. The van der Waals surface area contributed by atoms with Gasteiger partial charge in [-0.1, -0.05) is 57.2 Å². The molecule has 22 heavy (non-hydrogen) atoms. The topological polar surface area (TPSA) is 46.3 Å². The van der Waals surface area contributed by atoms with E-state index in [1.165, 1.54) is 5.56 Å². The molecule has 0 aliphatic heterocycles. The molecule has 0 spiro atoms. The van der Waals surface area contributed by atoms with Crippen molar-refractivity contribution in [2.75, 3.05) is 0 Å². The highest BCUT2D eigenvalue weighted by Gasteiger charge is 2.16. The van der Waals surface area contributed by atoms with E-state index in [4.69, 9.17) is 4.42 Å². The predicted octanol–water partition coefficient (Wildman–Crippen LogP) is 4.40. The standard InChI is InChI=1S/C19H21NO2/c1-19(2,3)14-10-8-13(9-11-14)16(21)12-18-20-15-6-4-5-7-17(15)22-18/h4-11,16,21H,12H2,1-3H3. The van der Waals surface area contributed by atoms with Crippen LogP contribution in [0, 0.1) is 0 Å². The van der Waals surface area contributed by atoms with Gasteiger partial charge >= 0.3 is 0 Å². The van der Waals surface area contributed by atoms with Crippen LogP contribution in [0.3, 0.4) is 0 Å². The van der Waals surface area contributed by atoms with Gasteiger partial charge in [-0.15, -0.1) is 0 Å². The molecular formula is C19H21NO2. The Hall–Kier alpha value is -2.13. The van der Waals surface area contributed by atoms with E-state index in [1.54, 1.807) is 0 Å². The molecule has 2 aromatic carbocycles. The summed E-state index contributed by atoms with van der Waals surface area (Å²) in [5.41, 5.74) is 3.84. The van der Waals surface area contributed by atoms with Crippen molar-refractivity contribution in [3.05, 3.63) is 65.5 Å². The molecule has 0 bridgehead atoms. The SMILES string of the molecule is CC(C)(C)c1ccc(C(O)Cc2nc3ccccc3o2)cc1. The van der Waals surface area contributed by atoms with Crippen LogP contribution in [0.25, 0.3) is 11.1 Å². The summed E-state index contributed by atoms with van der Waals surface area (Å²) in [6.45, 7) is 6.53. The van der Waals surface area contributed by atoms with Gasteiger partial charge in [0.25, 0.3) is 0 Å². The summed E-state index contributed by atoms with van der Waals surface area (Å²) >= 11 is 0. The lowest BCUT2D eigenvalue weighted by molar-refractivity contribution is 0.169. The van der Waals surface area contributed by atoms with E-state index in [0.717, 1.165) is 16.7 Å². The number of hydrogen-bond acceptors (Lipinski definition) is 3. The number of benzene rings is 2. The summed E-state index contributed by atoms with van der Waals surface area (Å²) in [5.74, 6) is 0.564. The van der Waals surface area contributed by atoms with Crippen molar-refractivity contribution >= 4 is 11.1 Å². The maximum atomic E-state index is 10.4. The largest absolute Gasteiger partial charge is 0.441 e. The first-order valence-corrected chi connectivity index (χ1v) is 7.56. The third-order valence-corrected chi connectivity index (χ3v) is 3.87. The molecular weight excluding hydrogens is 274 g/mol. The molecule has 0 fully saturated rings. The Bertz CT molecular complexity index is 733. The number of rotatable bonds is 3. The van der Waals surface area contributed by atoms with Crippen LogP contribution in [0.2, 0.25) is 0 Å². The lowest BCUT2D eigenvalue weighted by Gasteiger charge is -2.19. The quantitative estimate of drug-likeness (QED) is 0.779. The van der Waals surface area contributed by atoms with Gasteiger partial charge in [-0.3, -0.25) is 0 Å². The number of para-hydroxylation sites is 2. The summed E-state index contributed by atoms with van der Waals surface area (Å²) < 4.78 is 5.67. The fraction of sp³-hybridized carbons (Fsp3) is 0.316. The van der Waals surface area contributed by atoms with Crippen molar-refractivity contribution in [2.24, 2.45) is 0 Å². The van der Waals surface area contributed by atoms with Gasteiger partial charge in [-0.25, -0.2) is 4.98 Å². The number of aliphatic hydroxyl groups excluding tert-OH is 1. The van der Waals surface area contributed by atoms with Gasteiger partial charge in [0.05, 0.1) is 12.5 Å². The average Bonchev–Trinajstić information content (AvgIpc) is 2.88. The molecule has 0 aliphatic rings. The highest BCUT2D eigenvalue weighted by Crippen LogP contribution is 2.26. The number of nitrogens with zero attached hydrogens (tertiary/aromatic N) is 1. The van der Waals surface area contributed by atoms with Crippen molar-refractivity contribution in [2.45, 2.75) is 38.7 Å². The minimum absolute atomic E-state index is 0.115. The first kappa shape index (κ1) is 14.8. The molecule has 0 aliphatic carbocycles. The number of aliphatic hydroxyl groups is 1. The van der Waals surface area contributed by atoms with Crippen LogP contribution in [0.5, 0.6) is 0 Å². The van der Waals surface area contributed by atoms with E-state index < -0.39 is 6.10 Å². The van der Waals surface area contributed by atoms with Crippen molar-refractivity contribution < 1.29 is 9.52 Å². The van der Waals surface area contributed by atoms with Crippen molar-refractivity contribution in [3.63, 3.8) is 0 Å². The molecule has 1 atom stereocenters. The van der Waals surface area contributed by atoms with Crippen LogP contribution in [0.15, 0.2) is 52.9 Å². The molecule has 3 rings (SSSR count). The summed E-state index contributed by atoms with van der Waals surface area (Å²) in [6.07, 6.45) is -0.231. The van der Waals surface area contributed by atoms with Gasteiger partial charge < -0.3 is 9.52 Å². The Balaban J connectivity index is 1.77. The number of oxazole rings is 1. The summed E-state index contributed by atoms with van der Waals surface area (Å²) in [5, 5.41) is 10.4. The van der Waals surface area contributed by atoms with Crippen LogP contribution < -0.4 is 0 Å². The molecule has 1 heterocycles. The van der Waals surface area contributed by atoms with Gasteiger partial charge in [0.1, 0.15) is 5.52 Å². The second-order valence-electron chi connectivity index (χ2n) is 6.67. The lowest BCUT2D eigenvalue weighted by Crippen LogP contribution is -2.11. The average molecular weight is 295 g/mol. The van der Waals surface area contributed by atoms with Crippen molar-refractivity contribution in [1.29, 1.82) is 0 Å². The summed E-state index contributed by atoms with van der Waals surface area (Å²) in [6, 6.07) is 15.7. The molecule has 1 N–H and O–H groups in total. The molecule has 0 amide bonds. The van der Waals surface area contributed by atoms with Gasteiger partial charge in [-0.05, 0) is 28.7 Å². The van der Waals surface area contributed by atoms with E-state index >= 15 is 0 Å². The zero-order valence-electron chi connectivity index (χ0n) is 13.2. The molecule has 0 radical (unpaired) electrons. The molecule has 3 nitrogen and oxygen atoms in total. The Morgan fingerprint density at radius 1 is 1.05 bits per heavy atom. The molecule has 0 saturated heterocycles. The van der Waals surface area contributed by atoms with Crippen LogP contribution in [0.4, 0.5) is 0 Å². The van der Waals surface area contributed by atoms with E-state index in [2.05, 4.69) is 37.9 Å². The summed E-state index contributed by atoms with van der Waals surface area (Å²) in [7, 11) is 0. The second kappa shape index (κ2) is 5.58. The number of hydrogen-bond donors (Lipinski definition) is 1. The second-order valence-corrected chi connectivity index (χ2v) is 6.67. The molecule has 0 saturated carbocycles. The number of fused-ring (bicyclic) bond motifs is 1. The molecule has 114 valence electrons. The summed E-state index contributed by atoms with van der Waals surface area (Å²) in [4.78, 5) is 4.41. The molecule has 3 heteroatoms. The number of aromatic nitrogens is 1. The zero-order chi connectivity index (χ0) is 15.7. The van der Waals surface area contributed by atoms with Gasteiger partial charge in [0.2, 0.25) is 0 Å². The van der Waals surface area contributed by atoms with Gasteiger partial charge in [0.15, 0.2) is 11.5 Å². The maximum absolute atomic E-state index is 10.4. The van der Waals surface area contributed by atoms with Crippen molar-refractivity contribution in [1.82, 2.24) is 4.98 Å². The van der Waals surface area contributed by atoms with E-state index in [-0.39, 0.29) is 5.41 Å². The third-order valence-electron chi connectivity index (χ3n) is 3.87. The highest BCUT2D eigenvalue weighted by atomic mass is 16.4. The van der Waals surface area contributed by atoms with Crippen LogP contribution >= 0.6 is 0 Å². The van der Waals surface area contributed by atoms with E-state index in [9.17, 15) is 5.11 Å². The predicted molar refractivity (Wildman–Crippen MR) is 87.8 cm³/mol. The van der Waals surface area contributed by atoms with E-state index in [1.807, 2.05) is 36.4 Å². The first-order valence-electron chi connectivity index (χ1n) is 7.56. The lowest BCUT2D eigenvalue weighted by atomic mass is 9.86. The van der Waals surface area contributed by atoms with Crippen LogP contribution in [0.1, 0.15) is 43.9 Å². The third kappa shape index (κ3) is 3.04. The molecule has 1 aromatic heterocycles. The van der Waals surface area contributed by atoms with Crippen LogP contribution in [-0.2, 0) is 11.8 Å². The normalized spacial score (nSPS) is 13.5.